The summed E-state index contributed by atoms with van der Waals surface area (Å²) in [5.74, 6) is 0.493. The molecule has 5 aromatic rings. The number of hydrogen-bond acceptors (Lipinski definition) is 3. The van der Waals surface area contributed by atoms with Gasteiger partial charge in [0.2, 0.25) is 0 Å². The Labute approximate surface area is 161 Å². The smallest absolute Gasteiger partial charge is 0.257 e. The van der Waals surface area contributed by atoms with Gasteiger partial charge in [-0.25, -0.2) is 9.97 Å². The van der Waals surface area contributed by atoms with E-state index in [-0.39, 0.29) is 5.91 Å². The lowest BCUT2D eigenvalue weighted by atomic mass is 10.1. The van der Waals surface area contributed by atoms with Crippen LogP contribution in [-0.2, 0) is 0 Å². The topological polar surface area (TPSA) is 70.7 Å². The van der Waals surface area contributed by atoms with Crippen molar-refractivity contribution < 1.29 is 4.79 Å². The molecule has 5 nitrogen and oxygen atoms in total. The molecule has 3 aromatic carbocycles. The van der Waals surface area contributed by atoms with Crippen molar-refractivity contribution in [2.24, 2.45) is 0 Å². The minimum absolute atomic E-state index is 0.189. The van der Waals surface area contributed by atoms with Gasteiger partial charge in [0.05, 0.1) is 22.1 Å². The summed E-state index contributed by atoms with van der Waals surface area (Å²) in [6.45, 7) is 0. The van der Waals surface area contributed by atoms with Crippen LogP contribution in [0.15, 0.2) is 84.9 Å². The third-order valence-electron chi connectivity index (χ3n) is 4.63. The van der Waals surface area contributed by atoms with Crippen molar-refractivity contribution in [3.05, 3.63) is 90.5 Å². The Kier molecular flexibility index (Phi) is 3.84. The van der Waals surface area contributed by atoms with E-state index in [1.165, 1.54) is 0 Å². The number of H-pyrrole nitrogens is 1. The van der Waals surface area contributed by atoms with Crippen molar-refractivity contribution in [2.75, 3.05) is 5.32 Å². The Morgan fingerprint density at radius 3 is 2.46 bits per heavy atom. The van der Waals surface area contributed by atoms with Crippen molar-refractivity contribution in [3.8, 4) is 11.5 Å². The van der Waals surface area contributed by atoms with E-state index in [1.807, 2.05) is 78.9 Å². The number of imidazole rings is 1. The van der Waals surface area contributed by atoms with Crippen molar-refractivity contribution >= 4 is 33.5 Å². The van der Waals surface area contributed by atoms with E-state index in [0.29, 0.717) is 22.6 Å². The Balaban J connectivity index is 1.58. The molecular weight excluding hydrogens is 348 g/mol. The lowest BCUT2D eigenvalue weighted by Crippen LogP contribution is -2.12. The average molecular weight is 364 g/mol. The van der Waals surface area contributed by atoms with Crippen LogP contribution in [0.5, 0.6) is 0 Å². The fourth-order valence-electron chi connectivity index (χ4n) is 3.26. The van der Waals surface area contributed by atoms with E-state index in [1.54, 1.807) is 6.07 Å². The first kappa shape index (κ1) is 16.2. The normalized spacial score (nSPS) is 11.0. The maximum atomic E-state index is 12.8. The van der Waals surface area contributed by atoms with Crippen molar-refractivity contribution in [2.45, 2.75) is 0 Å². The fourth-order valence-corrected chi connectivity index (χ4v) is 3.26. The molecule has 0 atom stereocenters. The molecule has 1 amide bonds. The first-order chi connectivity index (χ1) is 13.8. The first-order valence-electron chi connectivity index (χ1n) is 8.99. The van der Waals surface area contributed by atoms with Gasteiger partial charge in [0.15, 0.2) is 5.82 Å². The molecule has 28 heavy (non-hydrogen) atoms. The van der Waals surface area contributed by atoms with Gasteiger partial charge < -0.3 is 10.3 Å². The molecule has 5 rings (SSSR count). The van der Waals surface area contributed by atoms with Gasteiger partial charge in [-0.3, -0.25) is 4.79 Å². The standard InChI is InChI=1S/C23H16N4O/c28-23(24-16-8-2-1-3-9-16)17-10-6-7-15-13-14-20(25-21(15)17)22-26-18-11-4-5-12-19(18)27-22/h1-14H,(H,24,28)(H,26,27). The minimum atomic E-state index is -0.189. The Morgan fingerprint density at radius 2 is 1.61 bits per heavy atom. The monoisotopic (exact) mass is 364 g/mol. The molecule has 0 fully saturated rings. The van der Waals surface area contributed by atoms with E-state index in [4.69, 9.17) is 4.98 Å². The number of benzene rings is 3. The number of para-hydroxylation sites is 4. The Bertz CT molecular complexity index is 1280. The van der Waals surface area contributed by atoms with E-state index in [0.717, 1.165) is 22.1 Å². The third-order valence-corrected chi connectivity index (χ3v) is 4.63. The highest BCUT2D eigenvalue weighted by atomic mass is 16.1. The van der Waals surface area contributed by atoms with E-state index < -0.39 is 0 Å². The van der Waals surface area contributed by atoms with Gasteiger partial charge in [-0.05, 0) is 36.4 Å². The van der Waals surface area contributed by atoms with Crippen LogP contribution < -0.4 is 5.32 Å². The van der Waals surface area contributed by atoms with E-state index in [2.05, 4.69) is 15.3 Å². The number of nitrogens with zero attached hydrogens (tertiary/aromatic N) is 2. The second kappa shape index (κ2) is 6.63. The molecule has 5 heteroatoms. The van der Waals surface area contributed by atoms with Gasteiger partial charge in [-0.1, -0.05) is 48.5 Å². The third kappa shape index (κ3) is 2.89. The molecule has 134 valence electrons. The number of anilines is 1. The van der Waals surface area contributed by atoms with Crippen LogP contribution in [0.3, 0.4) is 0 Å². The van der Waals surface area contributed by atoms with Crippen molar-refractivity contribution in [1.29, 1.82) is 0 Å². The van der Waals surface area contributed by atoms with Gasteiger partial charge in [-0.2, -0.15) is 0 Å². The second-order valence-electron chi connectivity index (χ2n) is 6.50. The molecule has 2 aromatic heterocycles. The first-order valence-corrected chi connectivity index (χ1v) is 8.99. The molecule has 0 aliphatic carbocycles. The summed E-state index contributed by atoms with van der Waals surface area (Å²) in [6, 6.07) is 26.7. The van der Waals surface area contributed by atoms with Crippen LogP contribution >= 0.6 is 0 Å². The molecule has 0 aliphatic rings. The molecule has 0 bridgehead atoms. The predicted molar refractivity (Wildman–Crippen MR) is 111 cm³/mol. The molecule has 2 N–H and O–H groups in total. The number of amides is 1. The van der Waals surface area contributed by atoms with E-state index in [9.17, 15) is 4.79 Å². The summed E-state index contributed by atoms with van der Waals surface area (Å²) in [7, 11) is 0. The maximum Gasteiger partial charge on any atom is 0.257 e. The van der Waals surface area contributed by atoms with Gasteiger partial charge in [0.1, 0.15) is 5.69 Å². The zero-order valence-electron chi connectivity index (χ0n) is 14.9. The quantitative estimate of drug-likeness (QED) is 0.472. The number of nitrogens with one attached hydrogen (secondary N) is 2. The average Bonchev–Trinajstić information content (AvgIpc) is 3.18. The van der Waals surface area contributed by atoms with Gasteiger partial charge in [-0.15, -0.1) is 0 Å². The summed E-state index contributed by atoms with van der Waals surface area (Å²) >= 11 is 0. The van der Waals surface area contributed by atoms with E-state index >= 15 is 0 Å². The highest BCUT2D eigenvalue weighted by molar-refractivity contribution is 6.12. The fraction of sp³-hybridized carbons (Fsp3) is 0. The summed E-state index contributed by atoms with van der Waals surface area (Å²) in [5, 5.41) is 3.83. The molecule has 0 saturated heterocycles. The lowest BCUT2D eigenvalue weighted by Gasteiger charge is -2.08. The highest BCUT2D eigenvalue weighted by Crippen LogP contribution is 2.24. The second-order valence-corrected chi connectivity index (χ2v) is 6.50. The van der Waals surface area contributed by atoms with Crippen LogP contribution in [0, 0.1) is 0 Å². The van der Waals surface area contributed by atoms with Crippen LogP contribution in [0.25, 0.3) is 33.5 Å². The molecular formula is C23H16N4O. The highest BCUT2D eigenvalue weighted by Gasteiger charge is 2.14. The van der Waals surface area contributed by atoms with Crippen molar-refractivity contribution in [3.63, 3.8) is 0 Å². The number of carbonyl (C=O) groups excluding carboxylic acids is 1. The number of pyridine rings is 1. The zero-order valence-corrected chi connectivity index (χ0v) is 14.9. The minimum Gasteiger partial charge on any atom is -0.337 e. The Hall–Kier alpha value is -3.99. The number of fused-ring (bicyclic) bond motifs is 2. The van der Waals surface area contributed by atoms with Crippen LogP contribution in [-0.4, -0.2) is 20.9 Å². The molecule has 0 saturated carbocycles. The molecule has 0 unspecified atom stereocenters. The van der Waals surface area contributed by atoms with Gasteiger partial charge >= 0.3 is 0 Å². The molecule has 0 radical (unpaired) electrons. The predicted octanol–water partition coefficient (Wildman–Crippen LogP) is 5.03. The summed E-state index contributed by atoms with van der Waals surface area (Å²) in [4.78, 5) is 25.5. The summed E-state index contributed by atoms with van der Waals surface area (Å²) in [5.41, 5.74) is 4.46. The van der Waals surface area contributed by atoms with Crippen LogP contribution in [0.2, 0.25) is 0 Å². The number of hydrogen-bond donors (Lipinski definition) is 2. The largest absolute Gasteiger partial charge is 0.337 e. The molecule has 0 aliphatic heterocycles. The van der Waals surface area contributed by atoms with Crippen molar-refractivity contribution in [1.82, 2.24) is 15.0 Å². The van der Waals surface area contributed by atoms with Gasteiger partial charge in [0, 0.05) is 11.1 Å². The number of carbonyl (C=O) groups is 1. The Morgan fingerprint density at radius 1 is 0.786 bits per heavy atom. The maximum absolute atomic E-state index is 12.8. The summed E-state index contributed by atoms with van der Waals surface area (Å²) < 4.78 is 0. The number of rotatable bonds is 3. The van der Waals surface area contributed by atoms with Crippen LogP contribution in [0.1, 0.15) is 10.4 Å². The van der Waals surface area contributed by atoms with Gasteiger partial charge in [0.25, 0.3) is 5.91 Å². The number of aromatic nitrogens is 3. The molecule has 2 heterocycles. The lowest BCUT2D eigenvalue weighted by molar-refractivity contribution is 0.102. The number of aromatic amines is 1. The van der Waals surface area contributed by atoms with Crippen LogP contribution in [0.4, 0.5) is 5.69 Å². The molecule has 0 spiro atoms. The SMILES string of the molecule is O=C(Nc1ccccc1)c1cccc2ccc(-c3nc4ccccc4[nH]3)nc12. The summed E-state index contributed by atoms with van der Waals surface area (Å²) in [6.07, 6.45) is 0. The zero-order chi connectivity index (χ0) is 18.9.